The van der Waals surface area contributed by atoms with E-state index in [1.807, 2.05) is 6.07 Å². The van der Waals surface area contributed by atoms with Gasteiger partial charge in [-0.2, -0.15) is 10.5 Å². The van der Waals surface area contributed by atoms with Crippen molar-refractivity contribution in [1.29, 1.82) is 10.5 Å². The van der Waals surface area contributed by atoms with Crippen molar-refractivity contribution in [3.63, 3.8) is 0 Å². The number of hydrogen-bond acceptors (Lipinski definition) is 6. The number of piperidine rings is 2. The molecule has 0 radical (unpaired) electrons. The molecule has 34 heavy (non-hydrogen) atoms. The Hall–Kier alpha value is -3.27. The highest BCUT2D eigenvalue weighted by Gasteiger charge is 2.39. The fourth-order valence-electron chi connectivity index (χ4n) is 4.90. The third-order valence-electron chi connectivity index (χ3n) is 6.73. The molecule has 176 valence electrons. The van der Waals surface area contributed by atoms with Crippen molar-refractivity contribution in [3.05, 3.63) is 53.3 Å². The summed E-state index contributed by atoms with van der Waals surface area (Å²) < 4.78 is 39.0. The molecule has 7 nitrogen and oxygen atoms in total. The van der Waals surface area contributed by atoms with E-state index < -0.39 is 21.7 Å². The number of fused-ring (bicyclic) bond motifs is 3. The number of nitriles is 2. The first-order valence-corrected chi connectivity index (χ1v) is 13.1. The number of hydrogen-bond donors (Lipinski definition) is 2. The Morgan fingerprint density at radius 2 is 1.82 bits per heavy atom. The fourth-order valence-corrected chi connectivity index (χ4v) is 5.76. The molecule has 1 aliphatic carbocycles. The smallest absolute Gasteiger partial charge is 0.238 e. The van der Waals surface area contributed by atoms with Crippen LogP contribution in [0.25, 0.3) is 11.1 Å². The number of halogens is 1. The van der Waals surface area contributed by atoms with Gasteiger partial charge in [0.15, 0.2) is 9.84 Å². The van der Waals surface area contributed by atoms with E-state index in [-0.39, 0.29) is 40.3 Å². The maximum Gasteiger partial charge on any atom is 0.238 e. The molecule has 1 unspecified atom stereocenters. The van der Waals surface area contributed by atoms with E-state index in [0.717, 1.165) is 31.9 Å². The van der Waals surface area contributed by atoms with Crippen LogP contribution in [0, 0.1) is 34.4 Å². The van der Waals surface area contributed by atoms with Gasteiger partial charge in [-0.05, 0) is 66.5 Å². The average molecular weight is 481 g/mol. The summed E-state index contributed by atoms with van der Waals surface area (Å²) in [6.07, 6.45) is 5.16. The molecule has 2 bridgehead atoms. The number of sulfone groups is 1. The highest BCUT2D eigenvalue weighted by Crippen LogP contribution is 2.33. The Morgan fingerprint density at radius 1 is 1.15 bits per heavy atom. The van der Waals surface area contributed by atoms with Gasteiger partial charge < -0.3 is 10.6 Å². The monoisotopic (exact) mass is 480 g/mol. The molecule has 3 fully saturated rings. The maximum absolute atomic E-state index is 14.9. The third-order valence-corrected chi connectivity index (χ3v) is 7.86. The molecule has 9 heteroatoms. The number of nitrogens with zero attached hydrogens (tertiary/aromatic N) is 2. The van der Waals surface area contributed by atoms with Gasteiger partial charge >= 0.3 is 0 Å². The Balaban J connectivity index is 1.49. The number of carbonyl (C=O) groups is 1. The summed E-state index contributed by atoms with van der Waals surface area (Å²) in [5.41, 5.74) is 1.19. The van der Waals surface area contributed by atoms with Gasteiger partial charge in [0.05, 0.1) is 22.6 Å². The predicted octanol–water partition coefficient (Wildman–Crippen LogP) is 2.85. The first-order valence-electron chi connectivity index (χ1n) is 11.2. The topological polar surface area (TPSA) is 123 Å². The zero-order valence-electron chi connectivity index (χ0n) is 18.7. The van der Waals surface area contributed by atoms with E-state index in [9.17, 15) is 28.1 Å². The molecule has 2 aromatic rings. The predicted molar refractivity (Wildman–Crippen MR) is 124 cm³/mol. The molecule has 2 atom stereocenters. The summed E-state index contributed by atoms with van der Waals surface area (Å²) in [5.74, 6) is -0.513. The van der Waals surface area contributed by atoms with Gasteiger partial charge in [-0.15, -0.1) is 0 Å². The fraction of sp³-hybridized carbons (Fsp3) is 0.400. The zero-order chi connectivity index (χ0) is 24.5. The van der Waals surface area contributed by atoms with Crippen molar-refractivity contribution in [2.75, 3.05) is 6.26 Å². The van der Waals surface area contributed by atoms with Gasteiger partial charge in [0.1, 0.15) is 17.9 Å². The highest BCUT2D eigenvalue weighted by molar-refractivity contribution is 7.90. The molecule has 0 spiro atoms. The first-order chi connectivity index (χ1) is 16.2. The minimum atomic E-state index is -3.64. The lowest BCUT2D eigenvalue weighted by Crippen LogP contribution is -2.59. The van der Waals surface area contributed by atoms with Crippen molar-refractivity contribution >= 4 is 15.7 Å². The van der Waals surface area contributed by atoms with Crippen LogP contribution < -0.4 is 10.6 Å². The molecule has 2 N–H and O–H groups in total. The number of rotatable bonds is 6. The lowest BCUT2D eigenvalue weighted by molar-refractivity contribution is -0.127. The van der Waals surface area contributed by atoms with Gasteiger partial charge in [0.25, 0.3) is 0 Å². The summed E-state index contributed by atoms with van der Waals surface area (Å²) >= 11 is 0. The molecule has 2 aromatic carbocycles. The average Bonchev–Trinajstić information content (AvgIpc) is 2.84. The molecule has 0 aromatic heterocycles. The largest absolute Gasteiger partial charge is 0.339 e. The summed E-state index contributed by atoms with van der Waals surface area (Å²) in [5, 5.41) is 24.8. The molecule has 2 saturated heterocycles. The molecule has 2 heterocycles. The van der Waals surface area contributed by atoms with Crippen LogP contribution in [0.5, 0.6) is 0 Å². The van der Waals surface area contributed by atoms with Gasteiger partial charge in [0, 0.05) is 18.7 Å². The van der Waals surface area contributed by atoms with Gasteiger partial charge in [-0.3, -0.25) is 4.79 Å². The summed E-state index contributed by atoms with van der Waals surface area (Å²) in [6, 6.07) is 11.8. The van der Waals surface area contributed by atoms with Crippen molar-refractivity contribution in [2.24, 2.45) is 5.92 Å². The Kier molecular flexibility index (Phi) is 6.70. The van der Waals surface area contributed by atoms with E-state index >= 15 is 0 Å². The van der Waals surface area contributed by atoms with Gasteiger partial charge in [-0.1, -0.05) is 18.2 Å². The van der Waals surface area contributed by atoms with Crippen LogP contribution in [0.15, 0.2) is 41.3 Å². The van der Waals surface area contributed by atoms with Crippen LogP contribution in [0.3, 0.4) is 0 Å². The van der Waals surface area contributed by atoms with E-state index in [2.05, 4.69) is 16.7 Å². The summed E-state index contributed by atoms with van der Waals surface area (Å²) in [7, 11) is -3.64. The lowest BCUT2D eigenvalue weighted by Gasteiger charge is -2.42. The van der Waals surface area contributed by atoms with Crippen LogP contribution in [-0.2, 0) is 21.1 Å². The number of nitrogens with one attached hydrogen (secondary N) is 2. The molecule has 3 aliphatic rings. The van der Waals surface area contributed by atoms with Crippen LogP contribution in [0.1, 0.15) is 36.8 Å². The third kappa shape index (κ3) is 4.96. The quantitative estimate of drug-likeness (QED) is 0.655. The normalized spacial score (nSPS) is 22.4. The van der Waals surface area contributed by atoms with E-state index in [0.29, 0.717) is 17.2 Å². The molecular weight excluding hydrogens is 455 g/mol. The van der Waals surface area contributed by atoms with E-state index in [4.69, 9.17) is 0 Å². The molecule has 1 saturated carbocycles. The lowest BCUT2D eigenvalue weighted by atomic mass is 9.76. The minimum absolute atomic E-state index is 0.0110. The van der Waals surface area contributed by atoms with Crippen molar-refractivity contribution in [2.45, 2.75) is 55.1 Å². The Bertz CT molecular complexity index is 1300. The van der Waals surface area contributed by atoms with E-state index in [1.54, 1.807) is 12.1 Å². The SMILES string of the molecule is CS(=O)(=O)c1cc(-c2ccc(CC(C#N)NC(=O)[C@H]3NC4CCC3CC4)c(F)c2)ccc1C#N. The number of carbonyl (C=O) groups excluding carboxylic acids is 1. The van der Waals surface area contributed by atoms with Gasteiger partial charge in [-0.25, -0.2) is 12.8 Å². The molecule has 1 amide bonds. The second-order valence-corrected chi connectivity index (χ2v) is 11.0. The summed E-state index contributed by atoms with van der Waals surface area (Å²) in [4.78, 5) is 12.6. The zero-order valence-corrected chi connectivity index (χ0v) is 19.5. The first kappa shape index (κ1) is 23.9. The van der Waals surface area contributed by atoms with E-state index in [1.165, 1.54) is 24.3 Å². The molecule has 5 rings (SSSR count). The number of benzene rings is 2. The molecule has 2 aliphatic heterocycles. The van der Waals surface area contributed by atoms with Crippen LogP contribution in [0.2, 0.25) is 0 Å². The minimum Gasteiger partial charge on any atom is -0.339 e. The summed E-state index contributed by atoms with van der Waals surface area (Å²) in [6.45, 7) is 0. The Morgan fingerprint density at radius 3 is 2.38 bits per heavy atom. The number of amides is 1. The highest BCUT2D eigenvalue weighted by atomic mass is 32.2. The standard InChI is InChI=1S/C25H25FN4O3S/c1-34(32,33)23-12-17(3-5-19(23)13-27)16-2-4-18(22(26)11-16)10-21(14-28)30-25(31)24-15-6-8-20(29-24)9-7-15/h2-5,11-12,15,20-21,24,29H,6-10H2,1H3,(H,30,31)/t15?,20?,21?,24-/m0/s1. The van der Waals surface area contributed by atoms with Crippen LogP contribution in [-0.4, -0.2) is 38.7 Å². The van der Waals surface area contributed by atoms with Crippen LogP contribution in [0.4, 0.5) is 4.39 Å². The second kappa shape index (κ2) is 9.54. The van der Waals surface area contributed by atoms with Crippen LogP contribution >= 0.6 is 0 Å². The van der Waals surface area contributed by atoms with Crippen molar-refractivity contribution in [3.8, 4) is 23.3 Å². The van der Waals surface area contributed by atoms with Crippen molar-refractivity contribution < 1.29 is 17.6 Å². The second-order valence-electron chi connectivity index (χ2n) is 9.05. The van der Waals surface area contributed by atoms with Crippen molar-refractivity contribution in [1.82, 2.24) is 10.6 Å². The Labute approximate surface area is 198 Å². The maximum atomic E-state index is 14.9. The molecular formula is C25H25FN4O3S. The van der Waals surface area contributed by atoms with Gasteiger partial charge in [0.2, 0.25) is 5.91 Å².